The molecule has 5 heteroatoms. The molecule has 1 aromatic carbocycles. The van der Waals surface area contributed by atoms with E-state index in [1.54, 1.807) is 11.3 Å². The number of aryl methyl sites for hydroxylation is 1. The van der Waals surface area contributed by atoms with Crippen molar-refractivity contribution in [1.82, 2.24) is 14.4 Å². The molecule has 0 amide bonds. The summed E-state index contributed by atoms with van der Waals surface area (Å²) in [5.41, 5.74) is 9.21. The number of nitrogens with two attached hydrogens (primary N) is 1. The van der Waals surface area contributed by atoms with Gasteiger partial charge in [0, 0.05) is 0 Å². The quantitative estimate of drug-likeness (QED) is 0.628. The van der Waals surface area contributed by atoms with Crippen molar-refractivity contribution in [3.05, 3.63) is 35.5 Å². The monoisotopic (exact) mass is 223 g/mol. The first kappa shape index (κ1) is 9.60. The molecule has 2 N–H and O–H groups in total. The van der Waals surface area contributed by atoms with Gasteiger partial charge in [-0.15, -0.1) is 0 Å². The first-order valence-corrected chi connectivity index (χ1v) is 5.15. The van der Waals surface area contributed by atoms with E-state index in [0.29, 0.717) is 22.9 Å². The van der Waals surface area contributed by atoms with Crippen molar-refractivity contribution in [1.29, 1.82) is 5.26 Å². The summed E-state index contributed by atoms with van der Waals surface area (Å²) in [6.07, 6.45) is 0. The summed E-state index contributed by atoms with van der Waals surface area (Å²) in [4.78, 5) is 8.60. The third-order valence-electron chi connectivity index (χ3n) is 2.77. The Balaban J connectivity index is 2.65. The number of nitriles is 1. The number of nitrogens with zero attached hydrogens (tertiary/aromatic N) is 4. The van der Waals surface area contributed by atoms with Crippen molar-refractivity contribution >= 4 is 22.6 Å². The van der Waals surface area contributed by atoms with Crippen molar-refractivity contribution in [2.75, 3.05) is 5.73 Å². The van der Waals surface area contributed by atoms with Crippen LogP contribution in [0.2, 0.25) is 0 Å². The number of hydrogen-bond donors (Lipinski definition) is 1. The highest BCUT2D eigenvalue weighted by Crippen LogP contribution is 2.22. The van der Waals surface area contributed by atoms with E-state index in [-0.39, 0.29) is 0 Å². The Morgan fingerprint density at radius 2 is 2.06 bits per heavy atom. The Bertz CT molecular complexity index is 779. The lowest BCUT2D eigenvalue weighted by Crippen LogP contribution is -2.04. The van der Waals surface area contributed by atoms with Gasteiger partial charge >= 0.3 is 0 Å². The van der Waals surface area contributed by atoms with E-state index < -0.39 is 0 Å². The van der Waals surface area contributed by atoms with Crippen LogP contribution in [0.3, 0.4) is 0 Å². The smallest absolute Gasteiger partial charge is 0.206 e. The van der Waals surface area contributed by atoms with Crippen molar-refractivity contribution in [2.45, 2.75) is 6.92 Å². The molecule has 0 fully saturated rings. The molecule has 0 bridgehead atoms. The fraction of sp³-hybridized carbons (Fsp3) is 0.0833. The van der Waals surface area contributed by atoms with E-state index in [9.17, 15) is 0 Å². The lowest BCUT2D eigenvalue weighted by molar-refractivity contribution is 1.07. The fourth-order valence-electron chi connectivity index (χ4n) is 2.00. The molecule has 0 aliphatic rings. The van der Waals surface area contributed by atoms with Crippen molar-refractivity contribution in [3.8, 4) is 6.07 Å². The van der Waals surface area contributed by atoms with Crippen LogP contribution in [0.15, 0.2) is 24.3 Å². The molecular formula is C12H9N5. The maximum atomic E-state index is 9.15. The minimum absolute atomic E-state index is 0.352. The Kier molecular flexibility index (Phi) is 1.80. The molecule has 0 aliphatic heterocycles. The van der Waals surface area contributed by atoms with E-state index in [1.807, 2.05) is 24.3 Å². The molecule has 82 valence electrons. The molecule has 0 unspecified atom stereocenters. The predicted octanol–water partition coefficient (Wildman–Crippen LogP) is 1.64. The Hall–Kier alpha value is -2.61. The largest absolute Gasteiger partial charge is 0.369 e. The summed E-state index contributed by atoms with van der Waals surface area (Å²) in [6, 6.07) is 9.72. The highest BCUT2D eigenvalue weighted by Gasteiger charge is 2.14. The van der Waals surface area contributed by atoms with Gasteiger partial charge in [-0.3, -0.25) is 4.40 Å². The predicted molar refractivity (Wildman–Crippen MR) is 64.4 cm³/mol. The minimum atomic E-state index is 0.352. The zero-order valence-electron chi connectivity index (χ0n) is 9.18. The van der Waals surface area contributed by atoms with Crippen LogP contribution in [0, 0.1) is 18.3 Å². The number of para-hydroxylation sites is 2. The number of hydrogen-bond acceptors (Lipinski definition) is 4. The van der Waals surface area contributed by atoms with E-state index in [2.05, 4.69) is 16.0 Å². The highest BCUT2D eigenvalue weighted by atomic mass is 15.1. The van der Waals surface area contributed by atoms with Gasteiger partial charge in [0.15, 0.2) is 5.65 Å². The van der Waals surface area contributed by atoms with Crippen LogP contribution in [0.25, 0.3) is 16.7 Å². The molecule has 0 radical (unpaired) electrons. The Morgan fingerprint density at radius 3 is 2.82 bits per heavy atom. The summed E-state index contributed by atoms with van der Waals surface area (Å²) in [5.74, 6) is 0.352. The first-order chi connectivity index (χ1) is 8.22. The number of rotatable bonds is 0. The SMILES string of the molecule is Cc1nc(N)n2c(nc3ccccc32)c1C#N. The Morgan fingerprint density at radius 1 is 1.29 bits per heavy atom. The molecule has 17 heavy (non-hydrogen) atoms. The van der Waals surface area contributed by atoms with Gasteiger partial charge in [-0.25, -0.2) is 9.97 Å². The molecule has 3 rings (SSSR count). The molecular weight excluding hydrogens is 214 g/mol. The molecule has 2 heterocycles. The third kappa shape index (κ3) is 1.18. The second-order valence-electron chi connectivity index (χ2n) is 3.80. The summed E-state index contributed by atoms with van der Waals surface area (Å²) in [6.45, 7) is 1.76. The maximum Gasteiger partial charge on any atom is 0.206 e. The summed E-state index contributed by atoms with van der Waals surface area (Å²) in [7, 11) is 0. The maximum absolute atomic E-state index is 9.15. The number of fused-ring (bicyclic) bond motifs is 3. The van der Waals surface area contributed by atoms with E-state index in [1.165, 1.54) is 0 Å². The van der Waals surface area contributed by atoms with Crippen molar-refractivity contribution in [2.24, 2.45) is 0 Å². The normalized spacial score (nSPS) is 10.8. The second-order valence-corrected chi connectivity index (χ2v) is 3.80. The summed E-state index contributed by atoms with van der Waals surface area (Å²) >= 11 is 0. The van der Waals surface area contributed by atoms with Gasteiger partial charge in [-0.1, -0.05) is 12.1 Å². The van der Waals surface area contributed by atoms with Gasteiger partial charge in [-0.05, 0) is 19.1 Å². The average Bonchev–Trinajstić information content (AvgIpc) is 2.68. The van der Waals surface area contributed by atoms with Crippen molar-refractivity contribution in [3.63, 3.8) is 0 Å². The van der Waals surface area contributed by atoms with Gasteiger partial charge in [0.05, 0.1) is 16.7 Å². The molecule has 0 atom stereocenters. The van der Waals surface area contributed by atoms with Gasteiger partial charge in [0.1, 0.15) is 11.6 Å². The van der Waals surface area contributed by atoms with Crippen LogP contribution in [0.1, 0.15) is 11.3 Å². The summed E-state index contributed by atoms with van der Waals surface area (Å²) in [5, 5.41) is 9.15. The van der Waals surface area contributed by atoms with E-state index in [0.717, 1.165) is 11.0 Å². The summed E-state index contributed by atoms with van der Waals surface area (Å²) < 4.78 is 1.71. The number of aromatic nitrogens is 3. The molecule has 0 spiro atoms. The Labute approximate surface area is 97.1 Å². The minimum Gasteiger partial charge on any atom is -0.369 e. The number of imidazole rings is 1. The number of anilines is 1. The zero-order valence-corrected chi connectivity index (χ0v) is 9.18. The lowest BCUT2D eigenvalue weighted by Gasteiger charge is -2.03. The van der Waals surface area contributed by atoms with Crippen molar-refractivity contribution < 1.29 is 0 Å². The standard InChI is InChI=1S/C12H9N5/c1-7-8(6-13)11-16-9-4-2-3-5-10(9)17(11)12(14)15-7/h2-5H,1H3,(H2,14,15). The fourth-order valence-corrected chi connectivity index (χ4v) is 2.00. The molecule has 0 aliphatic carbocycles. The van der Waals surface area contributed by atoms with E-state index >= 15 is 0 Å². The van der Waals surface area contributed by atoms with E-state index in [4.69, 9.17) is 11.0 Å². The lowest BCUT2D eigenvalue weighted by atomic mass is 10.2. The van der Waals surface area contributed by atoms with Gasteiger partial charge in [-0.2, -0.15) is 5.26 Å². The molecule has 5 nitrogen and oxygen atoms in total. The molecule has 3 aromatic rings. The van der Waals surface area contributed by atoms with Crippen LogP contribution in [0.4, 0.5) is 5.95 Å². The topological polar surface area (TPSA) is 80.0 Å². The van der Waals surface area contributed by atoms with Crippen LogP contribution in [-0.4, -0.2) is 14.4 Å². The van der Waals surface area contributed by atoms with Gasteiger partial charge in [0.2, 0.25) is 5.95 Å². The zero-order chi connectivity index (χ0) is 12.0. The van der Waals surface area contributed by atoms with Gasteiger partial charge < -0.3 is 5.73 Å². The van der Waals surface area contributed by atoms with Crippen LogP contribution in [0.5, 0.6) is 0 Å². The number of benzene rings is 1. The van der Waals surface area contributed by atoms with Crippen LogP contribution in [-0.2, 0) is 0 Å². The third-order valence-corrected chi connectivity index (χ3v) is 2.77. The van der Waals surface area contributed by atoms with Crippen LogP contribution < -0.4 is 5.73 Å². The highest BCUT2D eigenvalue weighted by molar-refractivity contribution is 5.83. The first-order valence-electron chi connectivity index (χ1n) is 5.15. The molecule has 2 aromatic heterocycles. The average molecular weight is 223 g/mol. The van der Waals surface area contributed by atoms with Crippen LogP contribution >= 0.6 is 0 Å². The van der Waals surface area contributed by atoms with Gasteiger partial charge in [0.25, 0.3) is 0 Å². The molecule has 0 saturated heterocycles. The second kappa shape index (κ2) is 3.19. The number of nitrogen functional groups attached to an aromatic ring is 1. The molecule has 0 saturated carbocycles.